The number of rotatable bonds is 4. The number of aryl methyl sites for hydroxylation is 1. The van der Waals surface area contributed by atoms with Crippen LogP contribution in [0.4, 0.5) is 11.4 Å². The SMILES string of the molecule is Cc1cc(NCC2(O)CCOCC2)cc(C(=O)O)c1N. The van der Waals surface area contributed by atoms with Gasteiger partial charge in [0, 0.05) is 44.0 Å². The lowest BCUT2D eigenvalue weighted by Crippen LogP contribution is -2.42. The van der Waals surface area contributed by atoms with Crippen LogP contribution in [0.2, 0.25) is 0 Å². The lowest BCUT2D eigenvalue weighted by molar-refractivity contribution is -0.0543. The van der Waals surface area contributed by atoms with Crippen molar-refractivity contribution in [2.45, 2.75) is 25.4 Å². The third-order valence-corrected chi connectivity index (χ3v) is 3.66. The smallest absolute Gasteiger partial charge is 0.337 e. The first-order valence-electron chi connectivity index (χ1n) is 6.59. The van der Waals surface area contributed by atoms with Crippen LogP contribution in [-0.2, 0) is 4.74 Å². The van der Waals surface area contributed by atoms with Crippen molar-refractivity contribution in [2.24, 2.45) is 0 Å². The fourth-order valence-corrected chi connectivity index (χ4v) is 2.27. The van der Waals surface area contributed by atoms with Crippen molar-refractivity contribution in [1.82, 2.24) is 0 Å². The van der Waals surface area contributed by atoms with E-state index in [9.17, 15) is 9.90 Å². The van der Waals surface area contributed by atoms with Crippen LogP contribution in [0.1, 0.15) is 28.8 Å². The number of aliphatic hydroxyl groups is 1. The highest BCUT2D eigenvalue weighted by Crippen LogP contribution is 2.25. The molecule has 1 aliphatic rings. The van der Waals surface area contributed by atoms with Gasteiger partial charge in [0.05, 0.1) is 11.2 Å². The lowest BCUT2D eigenvalue weighted by Gasteiger charge is -2.32. The number of hydrogen-bond donors (Lipinski definition) is 4. The quantitative estimate of drug-likeness (QED) is 0.618. The molecule has 0 saturated carbocycles. The zero-order valence-corrected chi connectivity index (χ0v) is 11.5. The molecule has 0 unspecified atom stereocenters. The van der Waals surface area contributed by atoms with Crippen LogP contribution in [0, 0.1) is 6.92 Å². The molecule has 5 N–H and O–H groups in total. The molecule has 1 saturated heterocycles. The summed E-state index contributed by atoms with van der Waals surface area (Å²) in [4.78, 5) is 11.1. The number of hydrogen-bond acceptors (Lipinski definition) is 5. The second-order valence-electron chi connectivity index (χ2n) is 5.25. The second-order valence-corrected chi connectivity index (χ2v) is 5.25. The van der Waals surface area contributed by atoms with E-state index in [0.29, 0.717) is 43.9 Å². The first kappa shape index (κ1) is 14.6. The predicted molar refractivity (Wildman–Crippen MR) is 76.0 cm³/mol. The molecule has 1 aromatic carbocycles. The van der Waals surface area contributed by atoms with E-state index in [4.69, 9.17) is 15.6 Å². The Morgan fingerprint density at radius 2 is 2.10 bits per heavy atom. The molecule has 2 rings (SSSR count). The lowest BCUT2D eigenvalue weighted by atomic mass is 9.94. The van der Waals surface area contributed by atoms with Crippen LogP contribution < -0.4 is 11.1 Å². The maximum Gasteiger partial charge on any atom is 0.337 e. The molecule has 0 atom stereocenters. The molecule has 1 aromatic rings. The van der Waals surface area contributed by atoms with Gasteiger partial charge in [0.1, 0.15) is 0 Å². The van der Waals surface area contributed by atoms with Gasteiger partial charge in [0.2, 0.25) is 0 Å². The average molecular weight is 280 g/mol. The molecule has 0 aliphatic carbocycles. The van der Waals surface area contributed by atoms with Gasteiger partial charge in [-0.2, -0.15) is 0 Å². The highest BCUT2D eigenvalue weighted by atomic mass is 16.5. The Labute approximate surface area is 117 Å². The number of carboxylic acids is 1. The molecule has 0 spiro atoms. The van der Waals surface area contributed by atoms with E-state index in [-0.39, 0.29) is 11.3 Å². The third-order valence-electron chi connectivity index (χ3n) is 3.66. The number of carboxylic acid groups (broad SMARTS) is 1. The van der Waals surface area contributed by atoms with E-state index in [1.807, 2.05) is 0 Å². The molecule has 0 aromatic heterocycles. The predicted octanol–water partition coefficient (Wildman–Crippen LogP) is 1.23. The van der Waals surface area contributed by atoms with Crippen molar-refractivity contribution in [3.63, 3.8) is 0 Å². The summed E-state index contributed by atoms with van der Waals surface area (Å²) >= 11 is 0. The minimum absolute atomic E-state index is 0.0754. The van der Waals surface area contributed by atoms with Gasteiger partial charge >= 0.3 is 5.97 Å². The van der Waals surface area contributed by atoms with Crippen LogP contribution in [0.15, 0.2) is 12.1 Å². The first-order chi connectivity index (χ1) is 9.41. The van der Waals surface area contributed by atoms with Gasteiger partial charge in [0.15, 0.2) is 0 Å². The molecule has 0 amide bonds. The number of nitrogens with two attached hydrogens (primary N) is 1. The molecule has 0 radical (unpaired) electrons. The Bertz CT molecular complexity index is 510. The van der Waals surface area contributed by atoms with Gasteiger partial charge in [-0.3, -0.25) is 0 Å². The minimum atomic E-state index is -1.06. The van der Waals surface area contributed by atoms with Gasteiger partial charge in [0.25, 0.3) is 0 Å². The Morgan fingerprint density at radius 3 is 2.70 bits per heavy atom. The van der Waals surface area contributed by atoms with Crippen LogP contribution in [0.25, 0.3) is 0 Å². The van der Waals surface area contributed by atoms with E-state index in [2.05, 4.69) is 5.32 Å². The molecular weight excluding hydrogens is 260 g/mol. The van der Waals surface area contributed by atoms with Gasteiger partial charge in [-0.1, -0.05) is 0 Å². The highest BCUT2D eigenvalue weighted by Gasteiger charge is 2.29. The van der Waals surface area contributed by atoms with Crippen LogP contribution in [0.5, 0.6) is 0 Å². The average Bonchev–Trinajstić information content (AvgIpc) is 2.40. The summed E-state index contributed by atoms with van der Waals surface area (Å²) in [5.74, 6) is -1.06. The zero-order chi connectivity index (χ0) is 14.8. The maximum atomic E-state index is 11.1. The Balaban J connectivity index is 2.11. The van der Waals surface area contributed by atoms with Crippen molar-refractivity contribution < 1.29 is 19.7 Å². The Morgan fingerprint density at radius 1 is 1.45 bits per heavy atom. The zero-order valence-electron chi connectivity index (χ0n) is 11.5. The number of carbonyl (C=O) groups is 1. The standard InChI is InChI=1S/C14H20N2O4/c1-9-6-10(7-11(12(9)15)13(17)18)16-8-14(19)2-4-20-5-3-14/h6-7,16,19H,2-5,8,15H2,1H3,(H,17,18). The van der Waals surface area contributed by atoms with Crippen molar-refractivity contribution in [3.05, 3.63) is 23.3 Å². The minimum Gasteiger partial charge on any atom is -0.478 e. The van der Waals surface area contributed by atoms with Crippen molar-refractivity contribution in [1.29, 1.82) is 0 Å². The molecule has 20 heavy (non-hydrogen) atoms. The van der Waals surface area contributed by atoms with Gasteiger partial charge in [-0.25, -0.2) is 4.79 Å². The summed E-state index contributed by atoms with van der Waals surface area (Å²) in [7, 11) is 0. The summed E-state index contributed by atoms with van der Waals surface area (Å²) in [5.41, 5.74) is 6.63. The van der Waals surface area contributed by atoms with Crippen molar-refractivity contribution >= 4 is 17.3 Å². The molecule has 110 valence electrons. The Kier molecular flexibility index (Phi) is 4.15. The molecule has 1 heterocycles. The molecule has 6 heteroatoms. The maximum absolute atomic E-state index is 11.1. The van der Waals surface area contributed by atoms with E-state index < -0.39 is 11.6 Å². The summed E-state index contributed by atoms with van der Waals surface area (Å²) in [6.07, 6.45) is 1.14. The summed E-state index contributed by atoms with van der Waals surface area (Å²) in [6, 6.07) is 3.28. The third kappa shape index (κ3) is 3.20. The van der Waals surface area contributed by atoms with Crippen molar-refractivity contribution in [3.8, 4) is 0 Å². The number of nitrogens with one attached hydrogen (secondary N) is 1. The molecule has 0 bridgehead atoms. The molecule has 1 aliphatic heterocycles. The number of benzene rings is 1. The Hall–Kier alpha value is -1.79. The molecule has 1 fully saturated rings. The summed E-state index contributed by atoms with van der Waals surface area (Å²) in [6.45, 7) is 3.20. The number of anilines is 2. The van der Waals surface area contributed by atoms with E-state index in [1.165, 1.54) is 6.07 Å². The number of ether oxygens (including phenoxy) is 1. The van der Waals surface area contributed by atoms with Crippen LogP contribution >= 0.6 is 0 Å². The second kappa shape index (κ2) is 5.68. The largest absolute Gasteiger partial charge is 0.478 e. The fourth-order valence-electron chi connectivity index (χ4n) is 2.27. The van der Waals surface area contributed by atoms with E-state index in [1.54, 1.807) is 13.0 Å². The van der Waals surface area contributed by atoms with Crippen molar-refractivity contribution in [2.75, 3.05) is 30.8 Å². The summed E-state index contributed by atoms with van der Waals surface area (Å²) < 4.78 is 5.22. The van der Waals surface area contributed by atoms with Crippen LogP contribution in [0.3, 0.4) is 0 Å². The fraction of sp³-hybridized carbons (Fsp3) is 0.500. The highest BCUT2D eigenvalue weighted by molar-refractivity contribution is 5.95. The van der Waals surface area contributed by atoms with Gasteiger partial charge in [-0.05, 0) is 24.6 Å². The van der Waals surface area contributed by atoms with E-state index in [0.717, 1.165) is 0 Å². The summed E-state index contributed by atoms with van der Waals surface area (Å²) in [5, 5.41) is 22.6. The van der Waals surface area contributed by atoms with Gasteiger partial charge < -0.3 is 26.0 Å². The number of nitrogen functional groups attached to an aromatic ring is 1. The van der Waals surface area contributed by atoms with Gasteiger partial charge in [-0.15, -0.1) is 0 Å². The number of aromatic carboxylic acids is 1. The van der Waals surface area contributed by atoms with E-state index >= 15 is 0 Å². The molecular formula is C14H20N2O4. The normalized spacial score (nSPS) is 17.7. The first-order valence-corrected chi connectivity index (χ1v) is 6.59. The topological polar surface area (TPSA) is 105 Å². The molecule has 6 nitrogen and oxygen atoms in total. The monoisotopic (exact) mass is 280 g/mol. The van der Waals surface area contributed by atoms with Crippen LogP contribution in [-0.4, -0.2) is 41.5 Å².